The number of aryl methyl sites for hydroxylation is 1. The van der Waals surface area contributed by atoms with Gasteiger partial charge in [-0.3, -0.25) is 9.59 Å². The van der Waals surface area contributed by atoms with Crippen molar-refractivity contribution in [2.24, 2.45) is 11.8 Å². The normalized spacial score (nSPS) is 13.8. The van der Waals surface area contributed by atoms with Gasteiger partial charge in [0.25, 0.3) is 0 Å². The van der Waals surface area contributed by atoms with Crippen molar-refractivity contribution in [3.05, 3.63) is 40.2 Å². The van der Waals surface area contributed by atoms with Crippen LogP contribution >= 0.6 is 0 Å². The van der Waals surface area contributed by atoms with E-state index >= 15 is 0 Å². The minimum absolute atomic E-state index is 0.0764. The second-order valence-electron chi connectivity index (χ2n) is 6.14. The summed E-state index contributed by atoms with van der Waals surface area (Å²) in [6, 6.07) is 7.66. The molecule has 0 saturated carbocycles. The van der Waals surface area contributed by atoms with Crippen LogP contribution in [0.15, 0.2) is 34.0 Å². The van der Waals surface area contributed by atoms with Crippen molar-refractivity contribution < 1.29 is 17.9 Å². The van der Waals surface area contributed by atoms with Crippen LogP contribution in [-0.4, -0.2) is 31.7 Å². The summed E-state index contributed by atoms with van der Waals surface area (Å²) in [6.45, 7) is 5.00. The minimum Gasteiger partial charge on any atom is -0.465 e. The van der Waals surface area contributed by atoms with Gasteiger partial charge in [0.05, 0.1) is 23.3 Å². The lowest BCUT2D eigenvalue weighted by atomic mass is 9.98. The maximum atomic E-state index is 12.7. The lowest BCUT2D eigenvalue weighted by Gasteiger charge is -2.16. The molecule has 2 unspecified atom stereocenters. The number of nitrogens with one attached hydrogen (secondary N) is 1. The highest BCUT2D eigenvalue weighted by molar-refractivity contribution is 7.91. The van der Waals surface area contributed by atoms with Crippen molar-refractivity contribution in [1.29, 1.82) is 5.26 Å². The highest BCUT2D eigenvalue weighted by Gasteiger charge is 2.31. The smallest absolute Gasteiger partial charge is 0.323 e. The average molecular weight is 376 g/mol. The number of pyridine rings is 1. The van der Waals surface area contributed by atoms with E-state index in [0.29, 0.717) is 16.5 Å². The number of fused-ring (bicyclic) bond motifs is 1. The molecule has 1 N–H and O–H groups in total. The van der Waals surface area contributed by atoms with Crippen molar-refractivity contribution in [3.8, 4) is 6.07 Å². The summed E-state index contributed by atoms with van der Waals surface area (Å²) >= 11 is 0. The van der Waals surface area contributed by atoms with Gasteiger partial charge in [0, 0.05) is 17.0 Å². The van der Waals surface area contributed by atoms with Crippen LogP contribution in [0.3, 0.4) is 0 Å². The predicted molar refractivity (Wildman–Crippen MR) is 96.3 cm³/mol. The van der Waals surface area contributed by atoms with E-state index in [4.69, 9.17) is 4.74 Å². The van der Waals surface area contributed by atoms with Crippen molar-refractivity contribution in [1.82, 2.24) is 4.98 Å². The number of sulfone groups is 1. The van der Waals surface area contributed by atoms with Gasteiger partial charge in [-0.05, 0) is 43.5 Å². The highest BCUT2D eigenvalue weighted by Crippen LogP contribution is 2.24. The van der Waals surface area contributed by atoms with Gasteiger partial charge >= 0.3 is 5.97 Å². The Kier molecular flexibility index (Phi) is 5.83. The van der Waals surface area contributed by atoms with Crippen molar-refractivity contribution in [2.45, 2.75) is 25.7 Å². The van der Waals surface area contributed by atoms with Gasteiger partial charge in [0.2, 0.25) is 5.56 Å². The molecule has 2 aromatic rings. The number of hydrogen-bond donors (Lipinski definition) is 1. The largest absolute Gasteiger partial charge is 0.465 e. The molecule has 1 aromatic carbocycles. The van der Waals surface area contributed by atoms with E-state index in [9.17, 15) is 23.3 Å². The van der Waals surface area contributed by atoms with E-state index < -0.39 is 27.6 Å². The zero-order chi connectivity index (χ0) is 19.5. The van der Waals surface area contributed by atoms with E-state index in [1.54, 1.807) is 13.8 Å². The summed E-state index contributed by atoms with van der Waals surface area (Å²) in [4.78, 5) is 26.1. The monoisotopic (exact) mass is 376 g/mol. The van der Waals surface area contributed by atoms with E-state index in [2.05, 4.69) is 4.98 Å². The fourth-order valence-corrected chi connectivity index (χ4v) is 4.43. The summed E-state index contributed by atoms with van der Waals surface area (Å²) in [5.41, 5.74) is 0.948. The first-order valence-electron chi connectivity index (χ1n) is 8.12. The van der Waals surface area contributed by atoms with Crippen molar-refractivity contribution in [2.75, 3.05) is 12.4 Å². The Morgan fingerprint density at radius 3 is 2.65 bits per heavy atom. The Morgan fingerprint density at radius 2 is 2.04 bits per heavy atom. The second kappa shape index (κ2) is 7.70. The summed E-state index contributed by atoms with van der Waals surface area (Å²) in [6.07, 6.45) is 0. The first kappa shape index (κ1) is 19.7. The van der Waals surface area contributed by atoms with E-state index in [0.717, 1.165) is 0 Å². The topological polar surface area (TPSA) is 117 Å². The Balaban J connectivity index is 2.35. The molecule has 1 aromatic heterocycles. The summed E-state index contributed by atoms with van der Waals surface area (Å²) in [7, 11) is -3.73. The van der Waals surface area contributed by atoms with Crippen LogP contribution in [0.1, 0.15) is 19.4 Å². The number of nitriles is 1. The van der Waals surface area contributed by atoms with E-state index in [-0.39, 0.29) is 22.8 Å². The molecule has 138 valence electrons. The van der Waals surface area contributed by atoms with Gasteiger partial charge in [-0.1, -0.05) is 6.92 Å². The molecule has 1 heterocycles. The molecule has 0 bridgehead atoms. The number of aromatic amines is 1. The quantitative estimate of drug-likeness (QED) is 0.770. The number of hydrogen-bond acceptors (Lipinski definition) is 6. The van der Waals surface area contributed by atoms with Crippen LogP contribution in [-0.2, 0) is 19.4 Å². The zero-order valence-corrected chi connectivity index (χ0v) is 15.6. The van der Waals surface area contributed by atoms with Crippen LogP contribution in [0.2, 0.25) is 0 Å². The van der Waals surface area contributed by atoms with Gasteiger partial charge in [-0.2, -0.15) is 5.26 Å². The number of H-pyrrole nitrogens is 1. The molecule has 0 radical (unpaired) electrons. The number of rotatable bonds is 6. The molecule has 26 heavy (non-hydrogen) atoms. The van der Waals surface area contributed by atoms with Gasteiger partial charge in [-0.25, -0.2) is 8.42 Å². The molecular formula is C18H20N2O5S. The molecule has 2 rings (SSSR count). The van der Waals surface area contributed by atoms with E-state index in [1.807, 2.05) is 6.07 Å². The predicted octanol–water partition coefficient (Wildman–Crippen LogP) is 1.95. The maximum absolute atomic E-state index is 12.7. The molecule has 0 amide bonds. The van der Waals surface area contributed by atoms with Crippen LogP contribution in [0.4, 0.5) is 0 Å². The van der Waals surface area contributed by atoms with Crippen LogP contribution < -0.4 is 5.56 Å². The lowest BCUT2D eigenvalue weighted by Crippen LogP contribution is -2.28. The molecule has 0 spiro atoms. The Bertz CT molecular complexity index is 1030. The SMILES string of the molecule is CCOC(=O)C(C#N)C(C)CS(=O)(=O)c1ccc2[nH]c(=O)cc(C)c2c1. The Labute approximate surface area is 151 Å². The van der Waals surface area contributed by atoms with Crippen molar-refractivity contribution >= 4 is 26.7 Å². The Hall–Kier alpha value is -2.66. The molecule has 0 aliphatic carbocycles. The molecule has 8 heteroatoms. The third-order valence-electron chi connectivity index (χ3n) is 4.11. The molecule has 0 saturated heterocycles. The Morgan fingerprint density at radius 1 is 1.35 bits per heavy atom. The first-order valence-corrected chi connectivity index (χ1v) is 9.77. The molecular weight excluding hydrogens is 356 g/mol. The maximum Gasteiger partial charge on any atom is 0.323 e. The number of carbonyl (C=O) groups excluding carboxylic acids is 1. The number of carbonyl (C=O) groups is 1. The summed E-state index contributed by atoms with van der Waals surface area (Å²) in [5, 5.41) is 9.81. The highest BCUT2D eigenvalue weighted by atomic mass is 32.2. The van der Waals surface area contributed by atoms with Crippen LogP contribution in [0.25, 0.3) is 10.9 Å². The van der Waals surface area contributed by atoms with Gasteiger partial charge in [-0.15, -0.1) is 0 Å². The number of aromatic nitrogens is 1. The number of ether oxygens (including phenoxy) is 1. The minimum atomic E-state index is -3.73. The zero-order valence-electron chi connectivity index (χ0n) is 14.8. The van der Waals surface area contributed by atoms with Gasteiger partial charge < -0.3 is 9.72 Å². The summed E-state index contributed by atoms with van der Waals surface area (Å²) < 4.78 is 30.3. The van der Waals surface area contributed by atoms with Gasteiger partial charge in [0.1, 0.15) is 5.92 Å². The van der Waals surface area contributed by atoms with E-state index in [1.165, 1.54) is 31.2 Å². The lowest BCUT2D eigenvalue weighted by molar-refractivity contribution is -0.147. The molecule has 0 aliphatic rings. The second-order valence-corrected chi connectivity index (χ2v) is 8.18. The number of nitrogens with zero attached hydrogens (tertiary/aromatic N) is 1. The fourth-order valence-electron chi connectivity index (χ4n) is 2.78. The van der Waals surface area contributed by atoms with Gasteiger partial charge in [0.15, 0.2) is 9.84 Å². The third kappa shape index (κ3) is 4.11. The molecule has 0 aliphatic heterocycles. The number of benzene rings is 1. The molecule has 7 nitrogen and oxygen atoms in total. The fraction of sp³-hybridized carbons (Fsp3) is 0.389. The van der Waals surface area contributed by atoms with Crippen molar-refractivity contribution in [3.63, 3.8) is 0 Å². The van der Waals surface area contributed by atoms with Crippen LogP contribution in [0.5, 0.6) is 0 Å². The molecule has 0 fully saturated rings. The summed E-state index contributed by atoms with van der Waals surface area (Å²) in [5.74, 6) is -2.96. The average Bonchev–Trinajstić information content (AvgIpc) is 2.54. The standard InChI is InChI=1S/C18H20N2O5S/c1-4-25-18(22)15(9-19)12(3)10-26(23,24)13-5-6-16-14(8-13)11(2)7-17(21)20-16/h5-8,12,15H,4,10H2,1-3H3,(H,20,21). The third-order valence-corrected chi connectivity index (χ3v) is 6.05. The van der Waals surface area contributed by atoms with Crippen LogP contribution in [0, 0.1) is 30.1 Å². The first-order chi connectivity index (χ1) is 12.2. The number of esters is 1. The molecule has 2 atom stereocenters.